The monoisotopic (exact) mass is 471 g/mol. The predicted molar refractivity (Wildman–Crippen MR) is 130 cm³/mol. The predicted octanol–water partition coefficient (Wildman–Crippen LogP) is 3.66. The third-order valence-electron chi connectivity index (χ3n) is 5.92. The molecule has 7 nitrogen and oxygen atoms in total. The third kappa shape index (κ3) is 5.40. The van der Waals surface area contributed by atoms with Crippen LogP contribution in [0, 0.1) is 18.7 Å². The number of halogens is 1. The molecule has 9 heteroatoms. The highest BCUT2D eigenvalue weighted by molar-refractivity contribution is 7.99. The van der Waals surface area contributed by atoms with E-state index in [0.29, 0.717) is 54.8 Å². The molecular formula is C24H30FN5O2S. The van der Waals surface area contributed by atoms with Crippen molar-refractivity contribution in [3.63, 3.8) is 0 Å². The van der Waals surface area contributed by atoms with Gasteiger partial charge in [0.2, 0.25) is 5.91 Å². The Morgan fingerprint density at radius 1 is 1.18 bits per heavy atom. The van der Waals surface area contributed by atoms with Gasteiger partial charge < -0.3 is 14.8 Å². The molecular weight excluding hydrogens is 441 g/mol. The van der Waals surface area contributed by atoms with Crippen LogP contribution in [0.25, 0.3) is 11.0 Å². The van der Waals surface area contributed by atoms with E-state index in [1.165, 1.54) is 23.9 Å². The van der Waals surface area contributed by atoms with Crippen LogP contribution < -0.4 is 10.5 Å². The van der Waals surface area contributed by atoms with Crippen molar-refractivity contribution in [2.45, 2.75) is 38.9 Å². The van der Waals surface area contributed by atoms with Gasteiger partial charge in [-0.3, -0.25) is 14.2 Å². The highest BCUT2D eigenvalue weighted by Crippen LogP contribution is 2.21. The number of benzene rings is 1. The van der Waals surface area contributed by atoms with Gasteiger partial charge in [-0.15, -0.1) is 0 Å². The summed E-state index contributed by atoms with van der Waals surface area (Å²) >= 11 is 1.33. The zero-order chi connectivity index (χ0) is 23.5. The van der Waals surface area contributed by atoms with Crippen LogP contribution in [0.15, 0.2) is 40.3 Å². The first-order valence-electron chi connectivity index (χ1n) is 11.3. The summed E-state index contributed by atoms with van der Waals surface area (Å²) in [5, 5.41) is 0.588. The number of fused-ring (bicyclic) bond motifs is 1. The summed E-state index contributed by atoms with van der Waals surface area (Å²) in [6, 6.07) is 8.31. The van der Waals surface area contributed by atoms with Crippen molar-refractivity contribution in [3.05, 3.63) is 52.2 Å². The summed E-state index contributed by atoms with van der Waals surface area (Å²) in [6.45, 7) is 9.35. The maximum Gasteiger partial charge on any atom is 0.278 e. The Morgan fingerprint density at radius 2 is 1.88 bits per heavy atom. The molecule has 3 heterocycles. The Hall–Kier alpha value is -2.81. The fourth-order valence-corrected chi connectivity index (χ4v) is 4.92. The molecule has 0 aliphatic carbocycles. The van der Waals surface area contributed by atoms with Gasteiger partial charge >= 0.3 is 0 Å². The molecule has 1 amide bonds. The van der Waals surface area contributed by atoms with Crippen molar-refractivity contribution in [1.82, 2.24) is 19.4 Å². The normalized spacial score (nSPS) is 14.5. The number of aromatic amines is 1. The standard InChI is InChI=1S/C24H30FN5O2S/c1-16(2)8-9-30-23(32)22-20(14-17(3)26-22)27-24(30)33-15-21(31)29-12-10-28(11-13-29)19-6-4-18(25)5-7-19/h4-7,14,16,26H,8-13,15H2,1-3H3. The molecule has 1 aliphatic rings. The van der Waals surface area contributed by atoms with Gasteiger partial charge in [-0.2, -0.15) is 0 Å². The van der Waals surface area contributed by atoms with Gasteiger partial charge in [0.1, 0.15) is 11.3 Å². The number of hydrogen-bond donors (Lipinski definition) is 1. The Balaban J connectivity index is 1.42. The minimum Gasteiger partial charge on any atom is -0.368 e. The van der Waals surface area contributed by atoms with Gasteiger partial charge in [0.05, 0.1) is 11.3 Å². The number of piperazine rings is 1. The summed E-state index contributed by atoms with van der Waals surface area (Å²) in [5.41, 5.74) is 2.93. The number of anilines is 1. The molecule has 4 rings (SSSR count). The molecule has 1 N–H and O–H groups in total. The number of amides is 1. The molecule has 0 radical (unpaired) electrons. The molecule has 0 unspecified atom stereocenters. The number of hydrogen-bond acceptors (Lipinski definition) is 5. The number of rotatable bonds is 7. The van der Waals surface area contributed by atoms with E-state index in [-0.39, 0.29) is 23.0 Å². The molecule has 1 saturated heterocycles. The van der Waals surface area contributed by atoms with E-state index in [1.807, 2.05) is 17.9 Å². The van der Waals surface area contributed by atoms with Crippen molar-refractivity contribution in [1.29, 1.82) is 0 Å². The highest BCUT2D eigenvalue weighted by atomic mass is 32.2. The van der Waals surface area contributed by atoms with E-state index < -0.39 is 0 Å². The maximum absolute atomic E-state index is 13.2. The van der Waals surface area contributed by atoms with Gasteiger partial charge in [0.25, 0.3) is 5.56 Å². The van der Waals surface area contributed by atoms with E-state index in [2.05, 4.69) is 23.7 Å². The van der Waals surface area contributed by atoms with E-state index in [9.17, 15) is 14.0 Å². The molecule has 3 aromatic rings. The minimum atomic E-state index is -0.252. The van der Waals surface area contributed by atoms with E-state index in [0.717, 1.165) is 17.8 Å². The van der Waals surface area contributed by atoms with Gasteiger partial charge in [0, 0.05) is 44.1 Å². The lowest BCUT2D eigenvalue weighted by atomic mass is 10.1. The van der Waals surface area contributed by atoms with E-state index in [4.69, 9.17) is 4.98 Å². The van der Waals surface area contributed by atoms with Crippen LogP contribution >= 0.6 is 11.8 Å². The smallest absolute Gasteiger partial charge is 0.278 e. The van der Waals surface area contributed by atoms with Crippen molar-refractivity contribution in [2.24, 2.45) is 5.92 Å². The minimum absolute atomic E-state index is 0.0359. The summed E-state index contributed by atoms with van der Waals surface area (Å²) < 4.78 is 14.9. The summed E-state index contributed by atoms with van der Waals surface area (Å²) in [6.07, 6.45) is 0.861. The molecule has 2 aromatic heterocycles. The zero-order valence-electron chi connectivity index (χ0n) is 19.3. The second-order valence-electron chi connectivity index (χ2n) is 8.88. The average Bonchev–Trinajstić information content (AvgIpc) is 3.18. The van der Waals surface area contributed by atoms with Gasteiger partial charge in [-0.05, 0) is 49.6 Å². The Labute approximate surface area is 197 Å². The van der Waals surface area contributed by atoms with Crippen molar-refractivity contribution in [3.8, 4) is 0 Å². The maximum atomic E-state index is 13.2. The van der Waals surface area contributed by atoms with Crippen LogP contribution in [0.2, 0.25) is 0 Å². The number of aromatic nitrogens is 3. The lowest BCUT2D eigenvalue weighted by molar-refractivity contribution is -0.128. The fraction of sp³-hybridized carbons (Fsp3) is 0.458. The first kappa shape index (κ1) is 23.4. The highest BCUT2D eigenvalue weighted by Gasteiger charge is 2.22. The first-order chi connectivity index (χ1) is 15.8. The molecule has 0 atom stereocenters. The Morgan fingerprint density at radius 3 is 2.55 bits per heavy atom. The molecule has 33 heavy (non-hydrogen) atoms. The van der Waals surface area contributed by atoms with Crippen LogP contribution in [0.4, 0.5) is 10.1 Å². The molecule has 1 aromatic carbocycles. The molecule has 1 aliphatic heterocycles. The molecule has 0 spiro atoms. The molecule has 176 valence electrons. The second kappa shape index (κ2) is 9.99. The quantitative estimate of drug-likeness (QED) is 0.421. The van der Waals surface area contributed by atoms with Crippen molar-refractivity contribution in [2.75, 3.05) is 36.8 Å². The fourth-order valence-electron chi connectivity index (χ4n) is 3.99. The van der Waals surface area contributed by atoms with E-state index in [1.54, 1.807) is 16.7 Å². The van der Waals surface area contributed by atoms with Crippen LogP contribution in [0.5, 0.6) is 0 Å². The topological polar surface area (TPSA) is 74.2 Å². The van der Waals surface area contributed by atoms with Crippen LogP contribution in [-0.2, 0) is 11.3 Å². The van der Waals surface area contributed by atoms with Gasteiger partial charge in [-0.1, -0.05) is 25.6 Å². The van der Waals surface area contributed by atoms with Crippen LogP contribution in [0.1, 0.15) is 26.0 Å². The van der Waals surface area contributed by atoms with E-state index >= 15 is 0 Å². The number of nitrogens with one attached hydrogen (secondary N) is 1. The van der Waals surface area contributed by atoms with Crippen LogP contribution in [0.3, 0.4) is 0 Å². The first-order valence-corrected chi connectivity index (χ1v) is 12.3. The number of thioether (sulfide) groups is 1. The average molecular weight is 472 g/mol. The van der Waals surface area contributed by atoms with Crippen LogP contribution in [-0.4, -0.2) is 57.3 Å². The van der Waals surface area contributed by atoms with Gasteiger partial charge in [0.15, 0.2) is 5.16 Å². The number of carbonyl (C=O) groups is 1. The number of aryl methyl sites for hydroxylation is 1. The summed E-state index contributed by atoms with van der Waals surface area (Å²) in [5.74, 6) is 0.473. The largest absolute Gasteiger partial charge is 0.368 e. The lowest BCUT2D eigenvalue weighted by Gasteiger charge is -2.36. The summed E-state index contributed by atoms with van der Waals surface area (Å²) in [4.78, 5) is 37.8. The van der Waals surface area contributed by atoms with Gasteiger partial charge in [-0.25, -0.2) is 9.37 Å². The number of carbonyl (C=O) groups excluding carboxylic acids is 1. The van der Waals surface area contributed by atoms with Crippen molar-refractivity contribution < 1.29 is 9.18 Å². The second-order valence-corrected chi connectivity index (χ2v) is 9.82. The Bertz CT molecular complexity index is 1180. The molecule has 0 bridgehead atoms. The third-order valence-corrected chi connectivity index (χ3v) is 6.88. The summed E-state index contributed by atoms with van der Waals surface area (Å²) in [7, 11) is 0. The SMILES string of the molecule is Cc1cc2nc(SCC(=O)N3CCN(c4ccc(F)cc4)CC3)n(CCC(C)C)c(=O)c2[nH]1. The molecule has 0 saturated carbocycles. The van der Waals surface area contributed by atoms with Crippen molar-refractivity contribution >= 4 is 34.4 Å². The zero-order valence-corrected chi connectivity index (χ0v) is 20.1. The number of nitrogens with zero attached hydrogens (tertiary/aromatic N) is 4. The number of H-pyrrole nitrogens is 1. The lowest BCUT2D eigenvalue weighted by Crippen LogP contribution is -2.49. The molecule has 1 fully saturated rings. The Kier molecular flexibility index (Phi) is 7.07.